The van der Waals surface area contributed by atoms with Crippen LogP contribution < -0.4 is 5.73 Å². The molecule has 1 saturated heterocycles. The lowest BCUT2D eigenvalue weighted by Crippen LogP contribution is -2.38. The van der Waals surface area contributed by atoms with E-state index in [9.17, 15) is 9.18 Å². The number of amides is 1. The highest BCUT2D eigenvalue weighted by Crippen LogP contribution is 2.24. The first-order valence-corrected chi connectivity index (χ1v) is 5.98. The van der Waals surface area contributed by atoms with Crippen molar-refractivity contribution in [1.82, 2.24) is 4.90 Å². The predicted octanol–water partition coefficient (Wildman–Crippen LogP) is 1.70. The van der Waals surface area contributed by atoms with Crippen molar-refractivity contribution in [2.75, 3.05) is 19.6 Å². The van der Waals surface area contributed by atoms with Crippen molar-refractivity contribution in [2.45, 2.75) is 18.7 Å². The minimum atomic E-state index is -1.45. The Hall–Kier alpha value is -1.62. The van der Waals surface area contributed by atoms with Crippen molar-refractivity contribution < 1.29 is 13.9 Å². The van der Waals surface area contributed by atoms with Gasteiger partial charge in [-0.15, -0.1) is 0 Å². The molecule has 1 aliphatic heterocycles. The summed E-state index contributed by atoms with van der Waals surface area (Å²) < 4.78 is 19.0. The second kappa shape index (κ2) is 5.35. The molecule has 18 heavy (non-hydrogen) atoms. The van der Waals surface area contributed by atoms with Crippen molar-refractivity contribution >= 4 is 6.09 Å². The van der Waals surface area contributed by atoms with Gasteiger partial charge in [0.2, 0.25) is 0 Å². The molecule has 0 aromatic heterocycles. The van der Waals surface area contributed by atoms with Crippen LogP contribution in [0.25, 0.3) is 0 Å². The van der Waals surface area contributed by atoms with Gasteiger partial charge in [0.15, 0.2) is 0 Å². The van der Waals surface area contributed by atoms with Gasteiger partial charge in [0.1, 0.15) is 12.3 Å². The smallest absolute Gasteiger partial charge is 0.410 e. The first kappa shape index (κ1) is 12.8. The molecule has 5 heteroatoms. The maximum Gasteiger partial charge on any atom is 0.410 e. The van der Waals surface area contributed by atoms with Gasteiger partial charge in [0.25, 0.3) is 0 Å². The van der Waals surface area contributed by atoms with E-state index in [2.05, 4.69) is 0 Å². The molecular formula is C13H17FN2O2. The quantitative estimate of drug-likeness (QED) is 0.890. The van der Waals surface area contributed by atoms with Crippen LogP contribution in [0.15, 0.2) is 30.3 Å². The average molecular weight is 252 g/mol. The molecule has 1 amide bonds. The highest BCUT2D eigenvalue weighted by atomic mass is 19.1. The number of ether oxygens (including phenoxy) is 1. The van der Waals surface area contributed by atoms with Crippen molar-refractivity contribution in [3.05, 3.63) is 35.9 Å². The Bertz CT molecular complexity index is 413. The van der Waals surface area contributed by atoms with Crippen LogP contribution in [0.4, 0.5) is 9.18 Å². The van der Waals surface area contributed by atoms with Gasteiger partial charge in [0, 0.05) is 19.5 Å². The van der Waals surface area contributed by atoms with Gasteiger partial charge in [-0.05, 0) is 5.56 Å². The number of nitrogens with zero attached hydrogens (tertiary/aromatic N) is 1. The van der Waals surface area contributed by atoms with Gasteiger partial charge >= 0.3 is 6.09 Å². The van der Waals surface area contributed by atoms with Crippen LogP contribution in [0.1, 0.15) is 12.0 Å². The molecule has 1 aliphatic rings. The maximum atomic E-state index is 13.8. The molecule has 1 unspecified atom stereocenters. The van der Waals surface area contributed by atoms with Crippen LogP contribution in [0.5, 0.6) is 0 Å². The zero-order valence-electron chi connectivity index (χ0n) is 10.1. The molecule has 0 bridgehead atoms. The molecule has 1 heterocycles. The fourth-order valence-electron chi connectivity index (χ4n) is 1.97. The van der Waals surface area contributed by atoms with Crippen LogP contribution in [0.3, 0.4) is 0 Å². The summed E-state index contributed by atoms with van der Waals surface area (Å²) in [4.78, 5) is 13.1. The summed E-state index contributed by atoms with van der Waals surface area (Å²) in [5.74, 6) is 0. The van der Waals surface area contributed by atoms with Gasteiger partial charge in [-0.25, -0.2) is 9.18 Å². The molecule has 0 radical (unpaired) electrons. The Kier molecular flexibility index (Phi) is 3.81. The topological polar surface area (TPSA) is 55.6 Å². The Morgan fingerprint density at radius 2 is 2.17 bits per heavy atom. The summed E-state index contributed by atoms with van der Waals surface area (Å²) in [5, 5.41) is 0. The third-order valence-corrected chi connectivity index (χ3v) is 3.13. The van der Waals surface area contributed by atoms with E-state index in [1.165, 1.54) is 4.90 Å². The normalized spacial score (nSPS) is 23.1. The molecule has 98 valence electrons. The minimum Gasteiger partial charge on any atom is -0.445 e. The number of nitrogens with two attached hydrogens (primary N) is 1. The van der Waals surface area contributed by atoms with E-state index in [-0.39, 0.29) is 26.1 Å². The first-order chi connectivity index (χ1) is 8.63. The molecule has 1 atom stereocenters. The standard InChI is InChI=1S/C13H17FN2O2/c14-13(9-15)6-7-16(10-13)12(17)18-8-11-4-2-1-3-5-11/h1-5H,6-10,15H2. The molecule has 4 nitrogen and oxygen atoms in total. The SMILES string of the molecule is NCC1(F)CCN(C(=O)OCc2ccccc2)C1. The van der Waals surface area contributed by atoms with E-state index in [0.29, 0.717) is 6.54 Å². The monoisotopic (exact) mass is 252 g/mol. The van der Waals surface area contributed by atoms with Crippen molar-refractivity contribution in [3.8, 4) is 0 Å². The van der Waals surface area contributed by atoms with Crippen LogP contribution in [-0.4, -0.2) is 36.3 Å². The molecule has 2 N–H and O–H groups in total. The predicted molar refractivity (Wildman–Crippen MR) is 65.7 cm³/mol. The number of rotatable bonds is 3. The van der Waals surface area contributed by atoms with Gasteiger partial charge < -0.3 is 15.4 Å². The molecule has 1 aromatic carbocycles. The van der Waals surface area contributed by atoms with Crippen LogP contribution >= 0.6 is 0 Å². The van der Waals surface area contributed by atoms with Gasteiger partial charge in [0.05, 0.1) is 6.54 Å². The van der Waals surface area contributed by atoms with E-state index in [1.54, 1.807) is 0 Å². The highest BCUT2D eigenvalue weighted by Gasteiger charge is 2.39. The number of hydrogen-bond donors (Lipinski definition) is 1. The molecular weight excluding hydrogens is 235 g/mol. The highest BCUT2D eigenvalue weighted by molar-refractivity contribution is 5.68. The van der Waals surface area contributed by atoms with Crippen LogP contribution in [-0.2, 0) is 11.3 Å². The summed E-state index contributed by atoms with van der Waals surface area (Å²) in [6.07, 6.45) is -0.198. The summed E-state index contributed by atoms with van der Waals surface area (Å²) in [6, 6.07) is 9.39. The molecule has 1 fully saturated rings. The Balaban J connectivity index is 1.83. The molecule has 1 aromatic rings. The molecule has 2 rings (SSSR count). The number of benzene rings is 1. The summed E-state index contributed by atoms with van der Waals surface area (Å²) in [7, 11) is 0. The average Bonchev–Trinajstić information content (AvgIpc) is 2.81. The zero-order chi connectivity index (χ0) is 13.0. The summed E-state index contributed by atoms with van der Waals surface area (Å²) in [6.45, 7) is 0.534. The number of alkyl halides is 1. The third-order valence-electron chi connectivity index (χ3n) is 3.13. The van der Waals surface area contributed by atoms with E-state index < -0.39 is 11.8 Å². The lowest BCUT2D eigenvalue weighted by atomic mass is 10.1. The number of likely N-dealkylation sites (tertiary alicyclic amines) is 1. The Labute approximate surface area is 106 Å². The zero-order valence-corrected chi connectivity index (χ0v) is 10.1. The first-order valence-electron chi connectivity index (χ1n) is 5.98. The van der Waals surface area contributed by atoms with E-state index >= 15 is 0 Å². The lowest BCUT2D eigenvalue weighted by molar-refractivity contribution is 0.0952. The second-order valence-electron chi connectivity index (χ2n) is 4.57. The van der Waals surface area contributed by atoms with Crippen molar-refractivity contribution in [1.29, 1.82) is 0 Å². The van der Waals surface area contributed by atoms with Gasteiger partial charge in [-0.2, -0.15) is 0 Å². The number of carbonyl (C=O) groups is 1. The Morgan fingerprint density at radius 3 is 2.78 bits per heavy atom. The number of hydrogen-bond acceptors (Lipinski definition) is 3. The third kappa shape index (κ3) is 2.98. The molecule has 0 spiro atoms. The van der Waals surface area contributed by atoms with E-state index in [0.717, 1.165) is 5.56 Å². The summed E-state index contributed by atoms with van der Waals surface area (Å²) >= 11 is 0. The second-order valence-corrected chi connectivity index (χ2v) is 4.57. The number of carbonyl (C=O) groups excluding carboxylic acids is 1. The number of halogens is 1. The maximum absolute atomic E-state index is 13.8. The fourth-order valence-corrected chi connectivity index (χ4v) is 1.97. The minimum absolute atomic E-state index is 0.0249. The summed E-state index contributed by atoms with van der Waals surface area (Å²) in [5.41, 5.74) is 4.80. The van der Waals surface area contributed by atoms with Crippen molar-refractivity contribution in [3.63, 3.8) is 0 Å². The van der Waals surface area contributed by atoms with Gasteiger partial charge in [-0.3, -0.25) is 0 Å². The van der Waals surface area contributed by atoms with Crippen LogP contribution in [0.2, 0.25) is 0 Å². The molecule has 0 aliphatic carbocycles. The Morgan fingerprint density at radius 1 is 1.44 bits per heavy atom. The lowest BCUT2D eigenvalue weighted by Gasteiger charge is -2.19. The van der Waals surface area contributed by atoms with Gasteiger partial charge in [-0.1, -0.05) is 30.3 Å². The van der Waals surface area contributed by atoms with Crippen LogP contribution in [0, 0.1) is 0 Å². The molecule has 0 saturated carbocycles. The van der Waals surface area contributed by atoms with Crippen molar-refractivity contribution in [2.24, 2.45) is 5.73 Å². The largest absolute Gasteiger partial charge is 0.445 e. The van der Waals surface area contributed by atoms with E-state index in [1.807, 2.05) is 30.3 Å². The van der Waals surface area contributed by atoms with E-state index in [4.69, 9.17) is 10.5 Å². The fraction of sp³-hybridized carbons (Fsp3) is 0.462.